The van der Waals surface area contributed by atoms with Gasteiger partial charge in [0.2, 0.25) is 0 Å². The highest BCUT2D eigenvalue weighted by Gasteiger charge is 2.53. The van der Waals surface area contributed by atoms with Gasteiger partial charge in [-0.25, -0.2) is 0 Å². The molecule has 0 N–H and O–H groups in total. The van der Waals surface area contributed by atoms with Gasteiger partial charge in [-0.3, -0.25) is 0 Å². The molecule has 0 atom stereocenters. The van der Waals surface area contributed by atoms with E-state index >= 15 is 0 Å². The number of nitrogens with zero attached hydrogens (tertiary/aromatic N) is 1. The zero-order valence-corrected chi connectivity index (χ0v) is 30.0. The van der Waals surface area contributed by atoms with Crippen LogP contribution >= 0.6 is 0 Å². The van der Waals surface area contributed by atoms with E-state index in [-0.39, 0.29) is 10.8 Å². The first-order valence-electron chi connectivity index (χ1n) is 18.3. The van der Waals surface area contributed by atoms with E-state index in [1.807, 2.05) is 0 Å². The molecular formula is C50H41N. The molecule has 3 aliphatic rings. The van der Waals surface area contributed by atoms with Crippen molar-refractivity contribution in [3.05, 3.63) is 208 Å². The lowest BCUT2D eigenvalue weighted by molar-refractivity contribution is 0.563. The predicted molar refractivity (Wildman–Crippen MR) is 213 cm³/mol. The number of benzene rings is 7. The van der Waals surface area contributed by atoms with Gasteiger partial charge in [0, 0.05) is 27.9 Å². The van der Waals surface area contributed by atoms with Gasteiger partial charge in [-0.2, -0.15) is 0 Å². The Labute approximate surface area is 301 Å². The van der Waals surface area contributed by atoms with Crippen molar-refractivity contribution >= 4 is 17.1 Å². The van der Waals surface area contributed by atoms with Gasteiger partial charge in [-0.15, -0.1) is 0 Å². The Morgan fingerprint density at radius 2 is 0.725 bits per heavy atom. The number of anilines is 3. The molecule has 0 radical (unpaired) electrons. The summed E-state index contributed by atoms with van der Waals surface area (Å²) in [5.74, 6) is 0. The number of fused-ring (bicyclic) bond motifs is 12. The van der Waals surface area contributed by atoms with Crippen LogP contribution < -0.4 is 4.90 Å². The smallest absolute Gasteiger partial charge is 0.0720 e. The van der Waals surface area contributed by atoms with Crippen LogP contribution in [0.3, 0.4) is 0 Å². The molecule has 1 spiro atoms. The Kier molecular flexibility index (Phi) is 6.18. The van der Waals surface area contributed by atoms with Gasteiger partial charge < -0.3 is 4.90 Å². The lowest BCUT2D eigenvalue weighted by Gasteiger charge is -2.46. The second kappa shape index (κ2) is 10.4. The summed E-state index contributed by atoms with van der Waals surface area (Å²) >= 11 is 0. The molecule has 0 bridgehead atoms. The van der Waals surface area contributed by atoms with E-state index in [1.165, 1.54) is 78.0 Å². The van der Waals surface area contributed by atoms with E-state index in [1.54, 1.807) is 0 Å². The van der Waals surface area contributed by atoms with Crippen LogP contribution in [0.25, 0.3) is 22.3 Å². The maximum Gasteiger partial charge on any atom is 0.0720 e. The minimum atomic E-state index is -0.439. The van der Waals surface area contributed by atoms with Gasteiger partial charge in [0.25, 0.3) is 0 Å². The maximum atomic E-state index is 2.51. The molecule has 0 saturated heterocycles. The van der Waals surface area contributed by atoms with Gasteiger partial charge in [0.1, 0.15) is 0 Å². The van der Waals surface area contributed by atoms with E-state index in [9.17, 15) is 0 Å². The van der Waals surface area contributed by atoms with Gasteiger partial charge in [0.15, 0.2) is 0 Å². The topological polar surface area (TPSA) is 3.24 Å². The molecule has 0 saturated carbocycles. The quantitative estimate of drug-likeness (QED) is 0.183. The van der Waals surface area contributed by atoms with Crippen LogP contribution in [0.15, 0.2) is 158 Å². The summed E-state index contributed by atoms with van der Waals surface area (Å²) in [6.07, 6.45) is 0. The molecule has 51 heavy (non-hydrogen) atoms. The molecule has 0 fully saturated rings. The Morgan fingerprint density at radius 1 is 0.333 bits per heavy atom. The van der Waals surface area contributed by atoms with Crippen molar-refractivity contribution < 1.29 is 0 Å². The lowest BCUT2D eigenvalue weighted by atomic mass is 9.55. The van der Waals surface area contributed by atoms with Crippen LogP contribution in [0.5, 0.6) is 0 Å². The third-order valence-electron chi connectivity index (χ3n) is 12.4. The first-order chi connectivity index (χ1) is 24.7. The molecule has 0 heterocycles. The molecule has 7 aromatic carbocycles. The van der Waals surface area contributed by atoms with E-state index in [2.05, 4.69) is 197 Å². The van der Waals surface area contributed by atoms with Crippen LogP contribution in [0.1, 0.15) is 77.8 Å². The third kappa shape index (κ3) is 3.92. The molecule has 0 unspecified atom stereocenters. The Balaban J connectivity index is 1.25. The fourth-order valence-electron chi connectivity index (χ4n) is 9.96. The highest BCUT2D eigenvalue weighted by atomic mass is 15.1. The summed E-state index contributed by atoms with van der Waals surface area (Å²) in [7, 11) is 0. The molecule has 0 aliphatic heterocycles. The summed E-state index contributed by atoms with van der Waals surface area (Å²) in [5, 5.41) is 0. The van der Waals surface area contributed by atoms with Gasteiger partial charge in [-0.05, 0) is 110 Å². The molecule has 3 aliphatic carbocycles. The molecule has 1 nitrogen and oxygen atoms in total. The average molecular weight is 656 g/mol. The molecule has 246 valence electrons. The van der Waals surface area contributed by atoms with Crippen molar-refractivity contribution in [1.29, 1.82) is 0 Å². The lowest BCUT2D eigenvalue weighted by Crippen LogP contribution is -2.40. The van der Waals surface area contributed by atoms with Crippen molar-refractivity contribution in [3.63, 3.8) is 0 Å². The van der Waals surface area contributed by atoms with Crippen LogP contribution in [0, 0.1) is 6.92 Å². The highest BCUT2D eigenvalue weighted by molar-refractivity contribution is 5.92. The van der Waals surface area contributed by atoms with Gasteiger partial charge in [-0.1, -0.05) is 155 Å². The molecular weight excluding hydrogens is 615 g/mol. The monoisotopic (exact) mass is 655 g/mol. The highest BCUT2D eigenvalue weighted by Crippen LogP contribution is 2.63. The summed E-state index contributed by atoms with van der Waals surface area (Å²) in [6, 6.07) is 59.8. The second-order valence-electron chi connectivity index (χ2n) is 15.8. The summed E-state index contributed by atoms with van der Waals surface area (Å²) in [6.45, 7) is 11.7. The standard InChI is InChI=1S/C50H41N/c1-32-22-24-33(25-23-32)51(34-26-28-38-36-14-6-8-16-40(36)48(2,3)46(38)30-34)35-27-29-39-37-15-7-9-17-41(37)50(47(39)31-35)44-20-12-10-18-42(44)49(4,5)43-19-11-13-21-45(43)50/h6-31H,1-5H3. The number of hydrogen-bond donors (Lipinski definition) is 0. The van der Waals surface area contributed by atoms with E-state index in [4.69, 9.17) is 0 Å². The van der Waals surface area contributed by atoms with Gasteiger partial charge in [0.05, 0.1) is 5.41 Å². The van der Waals surface area contributed by atoms with E-state index in [0.29, 0.717) is 0 Å². The van der Waals surface area contributed by atoms with Crippen molar-refractivity contribution in [2.45, 2.75) is 50.9 Å². The largest absolute Gasteiger partial charge is 0.310 e. The molecule has 0 amide bonds. The predicted octanol–water partition coefficient (Wildman–Crippen LogP) is 12.8. The van der Waals surface area contributed by atoms with Gasteiger partial charge >= 0.3 is 0 Å². The first-order valence-corrected chi connectivity index (χ1v) is 18.3. The second-order valence-corrected chi connectivity index (χ2v) is 15.8. The molecule has 10 rings (SSSR count). The zero-order valence-electron chi connectivity index (χ0n) is 30.0. The SMILES string of the molecule is Cc1ccc(N(c2ccc3c(c2)C(C)(C)c2ccccc2-3)c2ccc3c(c2)C2(c4ccccc4-3)c3ccccc3C(C)(C)c3ccccc32)cc1. The van der Waals surface area contributed by atoms with Crippen LogP contribution in [-0.4, -0.2) is 0 Å². The van der Waals surface area contributed by atoms with Crippen LogP contribution in [0.4, 0.5) is 17.1 Å². The van der Waals surface area contributed by atoms with Crippen LogP contribution in [-0.2, 0) is 16.2 Å². The summed E-state index contributed by atoms with van der Waals surface area (Å²) in [5.41, 5.74) is 20.5. The molecule has 1 heteroatoms. The average Bonchev–Trinajstić information content (AvgIpc) is 3.57. The number of rotatable bonds is 3. The Hall–Kier alpha value is -5.66. The van der Waals surface area contributed by atoms with Crippen molar-refractivity contribution in [2.75, 3.05) is 4.90 Å². The summed E-state index contributed by atoms with van der Waals surface area (Å²) in [4.78, 5) is 2.47. The number of hydrogen-bond acceptors (Lipinski definition) is 1. The normalized spacial score (nSPS) is 16.0. The third-order valence-corrected chi connectivity index (χ3v) is 12.4. The fraction of sp³-hybridized carbons (Fsp3) is 0.160. The molecule has 7 aromatic rings. The maximum absolute atomic E-state index is 2.51. The minimum Gasteiger partial charge on any atom is -0.310 e. The van der Waals surface area contributed by atoms with E-state index < -0.39 is 5.41 Å². The van der Waals surface area contributed by atoms with Crippen molar-refractivity contribution in [1.82, 2.24) is 0 Å². The fourth-order valence-corrected chi connectivity index (χ4v) is 9.96. The van der Waals surface area contributed by atoms with Crippen molar-refractivity contribution in [3.8, 4) is 22.3 Å². The minimum absolute atomic E-state index is 0.0904. The van der Waals surface area contributed by atoms with Crippen molar-refractivity contribution in [2.24, 2.45) is 0 Å². The molecule has 0 aromatic heterocycles. The van der Waals surface area contributed by atoms with E-state index in [0.717, 1.165) is 11.4 Å². The first kappa shape index (κ1) is 30.2. The zero-order chi connectivity index (χ0) is 34.7. The Bertz CT molecular complexity index is 2500. The summed E-state index contributed by atoms with van der Waals surface area (Å²) < 4.78 is 0. The number of aryl methyl sites for hydroxylation is 1. The van der Waals surface area contributed by atoms with Crippen LogP contribution in [0.2, 0.25) is 0 Å². The Morgan fingerprint density at radius 3 is 1.31 bits per heavy atom.